The molecule has 2 heterocycles. The van der Waals surface area contributed by atoms with E-state index in [-0.39, 0.29) is 12.5 Å². The zero-order chi connectivity index (χ0) is 18.8. The maximum atomic E-state index is 12.3. The van der Waals surface area contributed by atoms with Gasteiger partial charge < -0.3 is 5.32 Å². The van der Waals surface area contributed by atoms with Crippen molar-refractivity contribution < 1.29 is 4.79 Å². The third-order valence-electron chi connectivity index (χ3n) is 3.64. The lowest BCUT2D eigenvalue weighted by molar-refractivity contribution is -0.117. The molecule has 0 radical (unpaired) electrons. The quantitative estimate of drug-likeness (QED) is 0.519. The minimum Gasteiger partial charge on any atom is -0.307 e. The molecule has 2 aromatic heterocycles. The predicted molar refractivity (Wildman–Crippen MR) is 109 cm³/mol. The highest BCUT2D eigenvalue weighted by molar-refractivity contribution is 9.10. The van der Waals surface area contributed by atoms with Gasteiger partial charge in [0.1, 0.15) is 6.54 Å². The average molecular weight is 522 g/mol. The van der Waals surface area contributed by atoms with E-state index in [1.165, 1.54) is 0 Å². The van der Waals surface area contributed by atoms with E-state index in [0.717, 1.165) is 15.7 Å². The molecule has 3 aromatic rings. The number of anilines is 1. The first-order valence-corrected chi connectivity index (χ1v) is 9.82. The SMILES string of the molecule is Cc1c(Br)cnn1CC(=O)Nc1nn(Cc2ccc(Cl)c(Cl)c2)cc1Br. The first-order valence-electron chi connectivity index (χ1n) is 7.48. The second kappa shape index (κ2) is 8.12. The number of nitrogens with zero attached hydrogens (tertiary/aromatic N) is 4. The van der Waals surface area contributed by atoms with Crippen LogP contribution in [0.3, 0.4) is 0 Å². The van der Waals surface area contributed by atoms with Crippen LogP contribution >= 0.6 is 55.1 Å². The standard InChI is InChI=1S/C16H13Br2Cl2N5O/c1-9-11(17)5-21-25(9)8-15(26)22-16-12(18)7-24(23-16)6-10-2-3-13(19)14(20)4-10/h2-5,7H,6,8H2,1H3,(H,22,23,26). The molecule has 0 unspecified atom stereocenters. The number of nitrogens with one attached hydrogen (secondary N) is 1. The maximum Gasteiger partial charge on any atom is 0.247 e. The molecule has 1 aromatic carbocycles. The second-order valence-corrected chi connectivity index (χ2v) is 8.08. The Balaban J connectivity index is 1.68. The van der Waals surface area contributed by atoms with Gasteiger partial charge in [-0.05, 0) is 56.5 Å². The van der Waals surface area contributed by atoms with Gasteiger partial charge in [-0.1, -0.05) is 29.3 Å². The summed E-state index contributed by atoms with van der Waals surface area (Å²) >= 11 is 18.8. The molecule has 0 aliphatic carbocycles. The Bertz CT molecular complexity index is 970. The molecule has 136 valence electrons. The topological polar surface area (TPSA) is 64.7 Å². The van der Waals surface area contributed by atoms with Gasteiger partial charge in [0.25, 0.3) is 0 Å². The molecule has 0 spiro atoms. The van der Waals surface area contributed by atoms with Crippen LogP contribution in [0.2, 0.25) is 10.0 Å². The van der Waals surface area contributed by atoms with Crippen LogP contribution in [0, 0.1) is 6.92 Å². The number of carbonyl (C=O) groups is 1. The van der Waals surface area contributed by atoms with Crippen molar-refractivity contribution >= 4 is 66.8 Å². The van der Waals surface area contributed by atoms with Gasteiger partial charge in [-0.3, -0.25) is 14.2 Å². The Labute approximate surface area is 176 Å². The van der Waals surface area contributed by atoms with Crippen LogP contribution in [0.1, 0.15) is 11.3 Å². The van der Waals surface area contributed by atoms with Gasteiger partial charge in [-0.15, -0.1) is 0 Å². The van der Waals surface area contributed by atoms with Crippen molar-refractivity contribution in [2.75, 3.05) is 5.32 Å². The lowest BCUT2D eigenvalue weighted by Crippen LogP contribution is -2.20. The van der Waals surface area contributed by atoms with Crippen LogP contribution in [0.4, 0.5) is 5.82 Å². The minimum atomic E-state index is -0.218. The van der Waals surface area contributed by atoms with Crippen molar-refractivity contribution in [2.24, 2.45) is 0 Å². The van der Waals surface area contributed by atoms with Crippen LogP contribution < -0.4 is 5.32 Å². The lowest BCUT2D eigenvalue weighted by Gasteiger charge is -2.06. The number of amides is 1. The van der Waals surface area contributed by atoms with Crippen LogP contribution in [0.15, 0.2) is 39.5 Å². The number of halogens is 4. The van der Waals surface area contributed by atoms with Crippen LogP contribution in [-0.4, -0.2) is 25.5 Å². The van der Waals surface area contributed by atoms with Crippen LogP contribution in [-0.2, 0) is 17.9 Å². The van der Waals surface area contributed by atoms with E-state index in [0.29, 0.717) is 26.9 Å². The van der Waals surface area contributed by atoms with Gasteiger partial charge in [0, 0.05) is 6.20 Å². The summed E-state index contributed by atoms with van der Waals surface area (Å²) in [6.07, 6.45) is 3.44. The first-order chi connectivity index (χ1) is 12.3. The van der Waals surface area contributed by atoms with E-state index < -0.39 is 0 Å². The maximum absolute atomic E-state index is 12.3. The van der Waals surface area contributed by atoms with Crippen LogP contribution in [0.25, 0.3) is 0 Å². The Hall–Kier alpha value is -1.35. The largest absolute Gasteiger partial charge is 0.307 e. The van der Waals surface area contributed by atoms with Gasteiger partial charge in [0.05, 0.1) is 37.4 Å². The fourth-order valence-electron chi connectivity index (χ4n) is 2.28. The fraction of sp³-hybridized carbons (Fsp3) is 0.188. The molecule has 1 amide bonds. The van der Waals surface area contributed by atoms with E-state index in [1.807, 2.05) is 13.0 Å². The summed E-state index contributed by atoms with van der Waals surface area (Å²) in [4.78, 5) is 12.3. The third-order valence-corrected chi connectivity index (χ3v) is 5.74. The van der Waals surface area contributed by atoms with Crippen molar-refractivity contribution in [1.29, 1.82) is 0 Å². The highest BCUT2D eigenvalue weighted by Gasteiger charge is 2.13. The van der Waals surface area contributed by atoms with Gasteiger partial charge in [-0.2, -0.15) is 10.2 Å². The second-order valence-electron chi connectivity index (χ2n) is 5.56. The van der Waals surface area contributed by atoms with Gasteiger partial charge in [0.15, 0.2) is 5.82 Å². The highest BCUT2D eigenvalue weighted by atomic mass is 79.9. The summed E-state index contributed by atoms with van der Waals surface area (Å²) in [7, 11) is 0. The molecule has 0 aliphatic rings. The fourth-order valence-corrected chi connectivity index (χ4v) is 3.31. The summed E-state index contributed by atoms with van der Waals surface area (Å²) in [5.74, 6) is 0.225. The molecule has 3 rings (SSSR count). The number of aromatic nitrogens is 4. The van der Waals surface area contributed by atoms with E-state index in [2.05, 4.69) is 47.4 Å². The molecule has 26 heavy (non-hydrogen) atoms. The van der Waals surface area contributed by atoms with Crippen molar-refractivity contribution in [1.82, 2.24) is 19.6 Å². The summed E-state index contributed by atoms with van der Waals surface area (Å²) in [5, 5.41) is 12.3. The van der Waals surface area contributed by atoms with E-state index in [9.17, 15) is 4.79 Å². The molecular formula is C16H13Br2Cl2N5O. The molecule has 1 N–H and O–H groups in total. The predicted octanol–water partition coefficient (Wildman–Crippen LogP) is 4.91. The summed E-state index contributed by atoms with van der Waals surface area (Å²) in [6, 6.07) is 5.40. The van der Waals surface area contributed by atoms with Crippen molar-refractivity contribution in [2.45, 2.75) is 20.0 Å². The molecule has 0 saturated carbocycles. The molecular weight excluding hydrogens is 509 g/mol. The van der Waals surface area contributed by atoms with E-state index in [1.54, 1.807) is 33.9 Å². The monoisotopic (exact) mass is 519 g/mol. The number of hydrogen-bond acceptors (Lipinski definition) is 3. The first kappa shape index (κ1) is 19.4. The number of rotatable bonds is 5. The molecule has 0 atom stereocenters. The Morgan fingerprint density at radius 3 is 2.65 bits per heavy atom. The molecule has 10 heteroatoms. The minimum absolute atomic E-state index is 0.101. The smallest absolute Gasteiger partial charge is 0.247 e. The molecule has 0 bridgehead atoms. The van der Waals surface area contributed by atoms with Crippen molar-refractivity contribution in [3.05, 3.63) is 60.8 Å². The van der Waals surface area contributed by atoms with E-state index in [4.69, 9.17) is 23.2 Å². The normalized spacial score (nSPS) is 11.0. The third kappa shape index (κ3) is 4.49. The van der Waals surface area contributed by atoms with Gasteiger partial charge >= 0.3 is 0 Å². The van der Waals surface area contributed by atoms with Crippen molar-refractivity contribution in [3.8, 4) is 0 Å². The van der Waals surface area contributed by atoms with Crippen LogP contribution in [0.5, 0.6) is 0 Å². The molecule has 0 aliphatic heterocycles. The number of benzene rings is 1. The van der Waals surface area contributed by atoms with Gasteiger partial charge in [0.2, 0.25) is 5.91 Å². The number of carbonyl (C=O) groups excluding carboxylic acids is 1. The summed E-state index contributed by atoms with van der Waals surface area (Å²) in [6.45, 7) is 2.48. The molecule has 0 fully saturated rings. The Morgan fingerprint density at radius 2 is 2.00 bits per heavy atom. The lowest BCUT2D eigenvalue weighted by atomic mass is 10.2. The highest BCUT2D eigenvalue weighted by Crippen LogP contribution is 2.25. The number of hydrogen-bond donors (Lipinski definition) is 1. The van der Waals surface area contributed by atoms with Crippen molar-refractivity contribution in [3.63, 3.8) is 0 Å². The average Bonchev–Trinajstić information content (AvgIpc) is 3.07. The molecule has 0 saturated heterocycles. The molecule has 6 nitrogen and oxygen atoms in total. The van der Waals surface area contributed by atoms with Gasteiger partial charge in [-0.25, -0.2) is 0 Å². The zero-order valence-corrected chi connectivity index (χ0v) is 18.2. The zero-order valence-electron chi connectivity index (χ0n) is 13.5. The summed E-state index contributed by atoms with van der Waals surface area (Å²) in [5.41, 5.74) is 1.83. The van der Waals surface area contributed by atoms with E-state index >= 15 is 0 Å². The Morgan fingerprint density at radius 1 is 1.23 bits per heavy atom. The summed E-state index contributed by atoms with van der Waals surface area (Å²) < 4.78 is 4.86. The Kier molecular flexibility index (Phi) is 6.06.